The number of aromatic nitrogens is 1. The Balaban J connectivity index is 1.01. The van der Waals surface area contributed by atoms with Crippen LogP contribution in [0.3, 0.4) is 0 Å². The third-order valence-electron chi connectivity index (χ3n) is 11.6. The molecule has 0 saturated heterocycles. The highest BCUT2D eigenvalue weighted by Gasteiger charge is 2.19. The van der Waals surface area contributed by atoms with Crippen molar-refractivity contribution in [1.29, 1.82) is 0 Å². The molecule has 0 atom stereocenters. The highest BCUT2D eigenvalue weighted by molar-refractivity contribution is 7.25. The summed E-state index contributed by atoms with van der Waals surface area (Å²) in [7, 11) is 0. The van der Waals surface area contributed by atoms with E-state index in [0.29, 0.717) is 0 Å². The Hall–Kier alpha value is -7.40. The number of rotatable bonds is 6. The van der Waals surface area contributed by atoms with Crippen LogP contribution in [0.1, 0.15) is 0 Å². The summed E-state index contributed by atoms with van der Waals surface area (Å²) in [5.41, 5.74) is 13.4. The largest absolute Gasteiger partial charge is 0.456 e. The first kappa shape index (κ1) is 32.8. The quantitative estimate of drug-likeness (QED) is 0.168. The van der Waals surface area contributed by atoms with Gasteiger partial charge in [0, 0.05) is 64.5 Å². The second-order valence-corrected chi connectivity index (χ2v) is 16.0. The lowest BCUT2D eigenvalue weighted by Gasteiger charge is -2.26. The van der Waals surface area contributed by atoms with Gasteiger partial charge in [-0.2, -0.15) is 0 Å². The maximum atomic E-state index is 6.14. The predicted molar refractivity (Wildman–Crippen MR) is 247 cm³/mol. The summed E-state index contributed by atoms with van der Waals surface area (Å²) in [5, 5.41) is 7.37. The van der Waals surface area contributed by atoms with Crippen LogP contribution in [0, 0.1) is 0 Å². The van der Waals surface area contributed by atoms with Gasteiger partial charge in [-0.1, -0.05) is 121 Å². The molecule has 3 nitrogen and oxygen atoms in total. The fraction of sp³-hybridized carbons (Fsp3) is 0. The van der Waals surface area contributed by atoms with Crippen LogP contribution in [0.5, 0.6) is 0 Å². The molecule has 0 N–H and O–H groups in total. The van der Waals surface area contributed by atoms with Gasteiger partial charge in [-0.05, 0) is 107 Å². The molecule has 0 aliphatic rings. The van der Waals surface area contributed by atoms with Crippen LogP contribution in [0.25, 0.3) is 91.9 Å². The molecule has 3 aromatic heterocycles. The molecule has 0 unspecified atom stereocenters. The molecule has 0 amide bonds. The van der Waals surface area contributed by atoms with E-state index in [1.54, 1.807) is 0 Å². The van der Waals surface area contributed by atoms with Gasteiger partial charge in [0.2, 0.25) is 0 Å². The molecular formula is C54H34N2OS. The second kappa shape index (κ2) is 13.1. The average molecular weight is 759 g/mol. The Morgan fingerprint density at radius 3 is 1.83 bits per heavy atom. The molecular weight excluding hydrogens is 725 g/mol. The van der Waals surface area contributed by atoms with Gasteiger partial charge < -0.3 is 13.9 Å². The van der Waals surface area contributed by atoms with Gasteiger partial charge in [0.1, 0.15) is 11.2 Å². The maximum absolute atomic E-state index is 6.14. The Morgan fingerprint density at radius 1 is 0.379 bits per heavy atom. The zero-order chi connectivity index (χ0) is 38.2. The Labute approximate surface area is 338 Å². The minimum absolute atomic E-state index is 0.905. The molecule has 9 aromatic carbocycles. The number of hydrogen-bond acceptors (Lipinski definition) is 3. The van der Waals surface area contributed by atoms with E-state index in [1.165, 1.54) is 53.1 Å². The highest BCUT2D eigenvalue weighted by atomic mass is 32.1. The number of benzene rings is 9. The fourth-order valence-electron chi connectivity index (χ4n) is 8.91. The van der Waals surface area contributed by atoms with E-state index in [-0.39, 0.29) is 0 Å². The molecule has 12 aromatic rings. The first-order valence-corrected chi connectivity index (χ1v) is 20.5. The minimum Gasteiger partial charge on any atom is -0.456 e. The summed E-state index contributed by atoms with van der Waals surface area (Å²) in [6.45, 7) is 0. The Bertz CT molecular complexity index is 3500. The number of anilines is 3. The molecule has 4 heteroatoms. The van der Waals surface area contributed by atoms with Crippen LogP contribution in [0.4, 0.5) is 17.1 Å². The van der Waals surface area contributed by atoms with Gasteiger partial charge in [0.15, 0.2) is 0 Å². The number of hydrogen-bond donors (Lipinski definition) is 0. The lowest BCUT2D eigenvalue weighted by atomic mass is 9.99. The van der Waals surface area contributed by atoms with E-state index in [2.05, 4.69) is 204 Å². The normalized spacial score (nSPS) is 11.8. The molecule has 3 heterocycles. The van der Waals surface area contributed by atoms with Crippen molar-refractivity contribution in [2.24, 2.45) is 0 Å². The number of nitrogens with zero attached hydrogens (tertiary/aromatic N) is 2. The number of para-hydroxylation sites is 3. The Kier molecular flexibility index (Phi) is 7.40. The summed E-state index contributed by atoms with van der Waals surface area (Å²) in [6, 6.07) is 74.5. The molecule has 0 bridgehead atoms. The number of thiophene rings is 1. The van der Waals surface area contributed by atoms with Crippen LogP contribution >= 0.6 is 11.3 Å². The van der Waals surface area contributed by atoms with Gasteiger partial charge in [-0.25, -0.2) is 0 Å². The SMILES string of the molecule is c1ccc(-n2c3ccccc3c3ccc(N(c4ccc(-c5ccc6oc7ccccc7c6c5)cc4)c4ccc(-c5cccc6sc7ccccc7c56)cc4)cc32)cc1. The summed E-state index contributed by atoms with van der Waals surface area (Å²) in [4.78, 5) is 2.38. The van der Waals surface area contributed by atoms with Gasteiger partial charge in [-0.3, -0.25) is 0 Å². The van der Waals surface area contributed by atoms with Crippen molar-refractivity contribution in [3.05, 3.63) is 206 Å². The van der Waals surface area contributed by atoms with Gasteiger partial charge in [0.05, 0.1) is 11.0 Å². The van der Waals surface area contributed by atoms with Crippen LogP contribution < -0.4 is 4.90 Å². The van der Waals surface area contributed by atoms with E-state index >= 15 is 0 Å². The summed E-state index contributed by atoms with van der Waals surface area (Å²) < 4.78 is 11.2. The monoisotopic (exact) mass is 758 g/mol. The standard InChI is InChI=1S/C54H34N2OS/c1-2-11-38(12-3-1)56-48-17-7-4-13-43(48)44-31-30-41(34-49(44)56)55(39-26-21-35(22-27-39)37-25-32-51-47(33-37)45-14-5-8-18-50(45)57-51)40-28-23-36(24-29-40)42-16-10-20-53-54(42)46-15-6-9-19-52(46)58-53/h1-34H. The smallest absolute Gasteiger partial charge is 0.135 e. The molecule has 12 rings (SSSR count). The van der Waals surface area contributed by atoms with Crippen LogP contribution in [0.2, 0.25) is 0 Å². The van der Waals surface area contributed by atoms with E-state index in [9.17, 15) is 0 Å². The molecule has 0 spiro atoms. The third kappa shape index (κ3) is 5.19. The van der Waals surface area contributed by atoms with E-state index in [1.807, 2.05) is 23.5 Å². The van der Waals surface area contributed by atoms with Crippen molar-refractivity contribution in [2.45, 2.75) is 0 Å². The Morgan fingerprint density at radius 2 is 1.00 bits per heavy atom. The van der Waals surface area contributed by atoms with Gasteiger partial charge in [0.25, 0.3) is 0 Å². The van der Waals surface area contributed by atoms with Gasteiger partial charge >= 0.3 is 0 Å². The molecule has 0 saturated carbocycles. The van der Waals surface area contributed by atoms with Crippen molar-refractivity contribution >= 4 is 92.3 Å². The molecule has 58 heavy (non-hydrogen) atoms. The van der Waals surface area contributed by atoms with Crippen molar-refractivity contribution in [3.63, 3.8) is 0 Å². The van der Waals surface area contributed by atoms with Crippen LogP contribution in [-0.2, 0) is 0 Å². The predicted octanol–water partition coefficient (Wildman–Crippen LogP) is 15.9. The van der Waals surface area contributed by atoms with E-state index in [0.717, 1.165) is 55.8 Å². The number of fused-ring (bicyclic) bond motifs is 9. The maximum Gasteiger partial charge on any atom is 0.135 e. The summed E-state index contributed by atoms with van der Waals surface area (Å²) in [5.74, 6) is 0. The van der Waals surface area contributed by atoms with Crippen molar-refractivity contribution in [1.82, 2.24) is 4.57 Å². The lowest BCUT2D eigenvalue weighted by Crippen LogP contribution is -2.10. The first-order chi connectivity index (χ1) is 28.7. The number of furan rings is 1. The van der Waals surface area contributed by atoms with E-state index in [4.69, 9.17) is 4.42 Å². The van der Waals surface area contributed by atoms with Crippen molar-refractivity contribution < 1.29 is 4.42 Å². The second-order valence-electron chi connectivity index (χ2n) is 14.9. The topological polar surface area (TPSA) is 21.3 Å². The zero-order valence-electron chi connectivity index (χ0n) is 31.3. The van der Waals surface area contributed by atoms with Crippen molar-refractivity contribution in [3.8, 4) is 27.9 Å². The summed E-state index contributed by atoms with van der Waals surface area (Å²) >= 11 is 1.86. The highest BCUT2D eigenvalue weighted by Crippen LogP contribution is 2.43. The molecule has 0 fully saturated rings. The van der Waals surface area contributed by atoms with Gasteiger partial charge in [-0.15, -0.1) is 11.3 Å². The minimum atomic E-state index is 0.905. The van der Waals surface area contributed by atoms with Crippen LogP contribution in [-0.4, -0.2) is 4.57 Å². The summed E-state index contributed by atoms with van der Waals surface area (Å²) in [6.07, 6.45) is 0. The molecule has 0 radical (unpaired) electrons. The van der Waals surface area contributed by atoms with Crippen LogP contribution in [0.15, 0.2) is 211 Å². The fourth-order valence-corrected chi connectivity index (χ4v) is 10.0. The average Bonchev–Trinajstić information content (AvgIpc) is 3.96. The molecule has 0 aliphatic heterocycles. The third-order valence-corrected chi connectivity index (χ3v) is 12.7. The van der Waals surface area contributed by atoms with E-state index < -0.39 is 0 Å². The molecule has 272 valence electrons. The lowest BCUT2D eigenvalue weighted by molar-refractivity contribution is 0.669. The first-order valence-electron chi connectivity index (χ1n) is 19.7. The molecule has 0 aliphatic carbocycles. The van der Waals surface area contributed by atoms with Crippen molar-refractivity contribution in [2.75, 3.05) is 4.90 Å². The zero-order valence-corrected chi connectivity index (χ0v) is 32.2.